The van der Waals surface area contributed by atoms with Gasteiger partial charge in [-0.05, 0) is 37.6 Å². The largest absolute Gasteiger partial charge is 0.508 e. The molecule has 1 N–H and O–H groups in total. The predicted octanol–water partition coefficient (Wildman–Crippen LogP) is 4.94. The van der Waals surface area contributed by atoms with Gasteiger partial charge in [0.1, 0.15) is 29.4 Å². The Morgan fingerprint density at radius 3 is 2.84 bits per heavy atom. The molecular formula is C21H19NO3. The van der Waals surface area contributed by atoms with Crippen molar-refractivity contribution in [2.45, 2.75) is 26.0 Å². The minimum Gasteiger partial charge on any atom is -0.508 e. The van der Waals surface area contributed by atoms with Gasteiger partial charge in [0.25, 0.3) is 0 Å². The first-order chi connectivity index (χ1) is 11.9. The highest BCUT2D eigenvalue weighted by atomic mass is 16.5. The van der Waals surface area contributed by atoms with Crippen molar-refractivity contribution in [3.05, 3.63) is 47.5 Å². The lowest BCUT2D eigenvalue weighted by Crippen LogP contribution is -2.41. The van der Waals surface area contributed by atoms with Crippen LogP contribution in [0, 0.1) is 0 Å². The fourth-order valence-corrected chi connectivity index (χ4v) is 3.67. The molecule has 2 aliphatic heterocycles. The second-order valence-corrected chi connectivity index (χ2v) is 7.33. The standard InChI is InChI=1S/C21H19NO3/c1-21(2)7-6-12-8-15-16-11-24-18-9-13(23)4-5-14(18)20(16)25-19(15)10-17(12)22(21)3/h4-10,23H,11H2,1-3H3. The van der Waals surface area contributed by atoms with Gasteiger partial charge >= 0.3 is 0 Å². The minimum atomic E-state index is -0.0277. The summed E-state index contributed by atoms with van der Waals surface area (Å²) in [4.78, 5) is 2.27. The molecular weight excluding hydrogens is 314 g/mol. The van der Waals surface area contributed by atoms with Crippen molar-refractivity contribution in [3.63, 3.8) is 0 Å². The van der Waals surface area contributed by atoms with Crippen LogP contribution in [0.15, 0.2) is 40.8 Å². The first-order valence-electron chi connectivity index (χ1n) is 8.43. The number of ether oxygens (including phenoxy) is 1. The molecule has 0 spiro atoms. The van der Waals surface area contributed by atoms with E-state index in [-0.39, 0.29) is 11.3 Å². The molecule has 2 aromatic carbocycles. The number of aromatic hydroxyl groups is 1. The number of rotatable bonds is 0. The number of likely N-dealkylation sites (N-methyl/N-ethyl adjacent to an activating group) is 1. The van der Waals surface area contributed by atoms with Gasteiger partial charge in [0.15, 0.2) is 0 Å². The van der Waals surface area contributed by atoms with Crippen molar-refractivity contribution in [2.75, 3.05) is 11.9 Å². The Kier molecular flexibility index (Phi) is 2.66. The highest BCUT2D eigenvalue weighted by Gasteiger charge is 2.29. The Balaban J connectivity index is 1.75. The monoisotopic (exact) mass is 333 g/mol. The average Bonchev–Trinajstić information content (AvgIpc) is 2.95. The summed E-state index contributed by atoms with van der Waals surface area (Å²) in [5.74, 6) is 1.70. The number of hydrogen-bond acceptors (Lipinski definition) is 4. The summed E-state index contributed by atoms with van der Waals surface area (Å²) in [6.45, 7) is 4.84. The third kappa shape index (κ3) is 1.94. The number of anilines is 1. The molecule has 0 aliphatic carbocycles. The second-order valence-electron chi connectivity index (χ2n) is 7.33. The molecule has 0 atom stereocenters. The van der Waals surface area contributed by atoms with Gasteiger partial charge in [0.05, 0.1) is 11.1 Å². The maximum atomic E-state index is 9.67. The van der Waals surface area contributed by atoms with Crippen LogP contribution in [-0.2, 0) is 6.61 Å². The molecule has 0 amide bonds. The van der Waals surface area contributed by atoms with E-state index in [9.17, 15) is 5.11 Å². The van der Waals surface area contributed by atoms with Gasteiger partial charge in [0, 0.05) is 35.8 Å². The van der Waals surface area contributed by atoms with Crippen LogP contribution >= 0.6 is 0 Å². The number of phenolic OH excluding ortho intramolecular Hbond substituents is 1. The van der Waals surface area contributed by atoms with E-state index in [0.717, 1.165) is 33.5 Å². The van der Waals surface area contributed by atoms with Crippen molar-refractivity contribution in [1.82, 2.24) is 0 Å². The van der Waals surface area contributed by atoms with Gasteiger partial charge in [-0.3, -0.25) is 0 Å². The molecule has 0 saturated carbocycles. The van der Waals surface area contributed by atoms with E-state index in [4.69, 9.17) is 9.15 Å². The third-order valence-electron chi connectivity index (χ3n) is 5.42. The lowest BCUT2D eigenvalue weighted by molar-refractivity contribution is 0.298. The van der Waals surface area contributed by atoms with Crippen molar-refractivity contribution in [3.8, 4) is 22.8 Å². The van der Waals surface area contributed by atoms with E-state index >= 15 is 0 Å². The smallest absolute Gasteiger partial charge is 0.145 e. The lowest BCUT2D eigenvalue weighted by Gasteiger charge is -2.38. The van der Waals surface area contributed by atoms with Gasteiger partial charge in [-0.2, -0.15) is 0 Å². The Bertz CT molecular complexity index is 1060. The predicted molar refractivity (Wildman–Crippen MR) is 99.2 cm³/mol. The number of furan rings is 1. The van der Waals surface area contributed by atoms with Crippen LogP contribution < -0.4 is 9.64 Å². The zero-order chi connectivity index (χ0) is 17.3. The zero-order valence-corrected chi connectivity index (χ0v) is 14.5. The maximum Gasteiger partial charge on any atom is 0.145 e. The van der Waals surface area contributed by atoms with Crippen LogP contribution in [0.2, 0.25) is 0 Å². The van der Waals surface area contributed by atoms with E-state index in [1.54, 1.807) is 12.1 Å². The van der Waals surface area contributed by atoms with Crippen LogP contribution in [0.5, 0.6) is 11.5 Å². The van der Waals surface area contributed by atoms with Gasteiger partial charge < -0.3 is 19.2 Å². The molecule has 0 saturated heterocycles. The average molecular weight is 333 g/mol. The fourth-order valence-electron chi connectivity index (χ4n) is 3.67. The summed E-state index contributed by atoms with van der Waals surface area (Å²) in [5, 5.41) is 10.8. The van der Waals surface area contributed by atoms with Crippen LogP contribution in [0.4, 0.5) is 5.69 Å². The summed E-state index contributed by atoms with van der Waals surface area (Å²) in [6.07, 6.45) is 4.41. The molecule has 3 aromatic rings. The van der Waals surface area contributed by atoms with Crippen molar-refractivity contribution in [2.24, 2.45) is 0 Å². The van der Waals surface area contributed by atoms with Crippen molar-refractivity contribution >= 4 is 22.7 Å². The van der Waals surface area contributed by atoms with Gasteiger partial charge in [-0.1, -0.05) is 12.2 Å². The SMILES string of the molecule is CN1c2cc3oc4c(c3cc2C=CC1(C)C)COc1cc(O)ccc1-4. The van der Waals surface area contributed by atoms with Gasteiger partial charge in [-0.15, -0.1) is 0 Å². The number of nitrogens with zero attached hydrogens (tertiary/aromatic N) is 1. The highest BCUT2D eigenvalue weighted by Crippen LogP contribution is 2.46. The number of hydrogen-bond donors (Lipinski definition) is 1. The molecule has 3 heterocycles. The molecule has 2 aliphatic rings. The number of phenols is 1. The maximum absolute atomic E-state index is 9.67. The molecule has 4 nitrogen and oxygen atoms in total. The highest BCUT2D eigenvalue weighted by molar-refractivity contribution is 5.95. The van der Waals surface area contributed by atoms with Crippen molar-refractivity contribution < 1.29 is 14.3 Å². The summed E-state index contributed by atoms with van der Waals surface area (Å²) < 4.78 is 12.1. The molecule has 5 rings (SSSR count). The Morgan fingerprint density at radius 1 is 1.16 bits per heavy atom. The molecule has 0 bridgehead atoms. The molecule has 0 unspecified atom stereocenters. The van der Waals surface area contributed by atoms with Crippen molar-refractivity contribution in [1.29, 1.82) is 0 Å². The van der Waals surface area contributed by atoms with Gasteiger partial charge in [-0.25, -0.2) is 0 Å². The molecule has 0 fully saturated rings. The second kappa shape index (κ2) is 4.60. The third-order valence-corrected chi connectivity index (χ3v) is 5.42. The Labute approximate surface area is 145 Å². The fraction of sp³-hybridized carbons (Fsp3) is 0.238. The van der Waals surface area contributed by atoms with E-state index in [2.05, 4.69) is 50.1 Å². The minimum absolute atomic E-state index is 0.0277. The summed E-state index contributed by atoms with van der Waals surface area (Å²) in [7, 11) is 2.11. The van der Waals surface area contributed by atoms with Gasteiger partial charge in [0.2, 0.25) is 0 Å². The number of fused-ring (bicyclic) bond motifs is 6. The van der Waals surface area contributed by atoms with Crippen LogP contribution in [-0.4, -0.2) is 17.7 Å². The summed E-state index contributed by atoms with van der Waals surface area (Å²) in [6, 6.07) is 9.45. The number of benzene rings is 2. The molecule has 1 aromatic heterocycles. The molecule has 4 heteroatoms. The summed E-state index contributed by atoms with van der Waals surface area (Å²) >= 11 is 0. The van der Waals surface area contributed by atoms with E-state index in [1.807, 2.05) is 6.07 Å². The molecule has 126 valence electrons. The normalized spacial score (nSPS) is 17.0. The van der Waals surface area contributed by atoms with E-state index < -0.39 is 0 Å². The molecule has 0 radical (unpaired) electrons. The van der Waals surface area contributed by atoms with Crippen LogP contribution in [0.25, 0.3) is 28.4 Å². The van der Waals surface area contributed by atoms with E-state index in [0.29, 0.717) is 12.4 Å². The molecule has 25 heavy (non-hydrogen) atoms. The Morgan fingerprint density at radius 2 is 2.00 bits per heavy atom. The van der Waals surface area contributed by atoms with Crippen LogP contribution in [0.3, 0.4) is 0 Å². The van der Waals surface area contributed by atoms with Crippen LogP contribution in [0.1, 0.15) is 25.0 Å². The quantitative estimate of drug-likeness (QED) is 0.633. The topological polar surface area (TPSA) is 45.8 Å². The summed E-state index contributed by atoms with van der Waals surface area (Å²) in [5.41, 5.74) is 5.15. The first-order valence-corrected chi connectivity index (χ1v) is 8.43. The lowest BCUT2D eigenvalue weighted by atomic mass is 9.93. The zero-order valence-electron chi connectivity index (χ0n) is 14.5. The van der Waals surface area contributed by atoms with E-state index in [1.165, 1.54) is 5.56 Å². The first kappa shape index (κ1) is 14.5. The Hall–Kier alpha value is -2.88.